The van der Waals surface area contributed by atoms with Crippen LogP contribution >= 0.6 is 0 Å². The number of esters is 1. The van der Waals surface area contributed by atoms with E-state index in [1.807, 2.05) is 11.5 Å². The van der Waals surface area contributed by atoms with Crippen molar-refractivity contribution in [1.29, 1.82) is 0 Å². The number of aryl methyl sites for hydroxylation is 1. The highest BCUT2D eigenvalue weighted by atomic mass is 32.2. The first-order valence-electron chi connectivity index (χ1n) is 10.4. The molecule has 0 saturated carbocycles. The smallest absolute Gasteiger partial charge is 0.338 e. The highest BCUT2D eigenvalue weighted by molar-refractivity contribution is 7.89. The van der Waals surface area contributed by atoms with Gasteiger partial charge < -0.3 is 14.0 Å². The molecule has 0 N–H and O–H groups in total. The van der Waals surface area contributed by atoms with Crippen molar-refractivity contribution in [3.8, 4) is 0 Å². The third-order valence-corrected chi connectivity index (χ3v) is 7.14. The van der Waals surface area contributed by atoms with Crippen LogP contribution in [0.4, 0.5) is 4.39 Å². The van der Waals surface area contributed by atoms with Crippen molar-refractivity contribution in [2.45, 2.75) is 31.4 Å². The van der Waals surface area contributed by atoms with E-state index in [1.54, 1.807) is 18.2 Å². The Bertz CT molecular complexity index is 1240. The molecule has 2 aromatic carbocycles. The Kier molecular flexibility index (Phi) is 6.54. The van der Waals surface area contributed by atoms with Gasteiger partial charge in [-0.05, 0) is 42.8 Å². The number of benzene rings is 2. The van der Waals surface area contributed by atoms with Gasteiger partial charge in [-0.1, -0.05) is 13.0 Å². The molecule has 1 saturated heterocycles. The topological polar surface area (TPSA) is 90.7 Å². The summed E-state index contributed by atoms with van der Waals surface area (Å²) >= 11 is 0. The number of nitrogens with zero attached hydrogens (tertiary/aromatic N) is 3. The molecule has 4 rings (SSSR count). The maximum absolute atomic E-state index is 13.4. The summed E-state index contributed by atoms with van der Waals surface area (Å²) in [5.74, 6) is -0.686. The molecular formula is C22H24FN3O5S. The number of sulfonamides is 1. The van der Waals surface area contributed by atoms with E-state index in [2.05, 4.69) is 4.98 Å². The van der Waals surface area contributed by atoms with Crippen LogP contribution in [0, 0.1) is 5.82 Å². The van der Waals surface area contributed by atoms with Crippen molar-refractivity contribution >= 4 is 27.0 Å². The normalized spacial score (nSPS) is 15.2. The van der Waals surface area contributed by atoms with E-state index >= 15 is 0 Å². The zero-order valence-electron chi connectivity index (χ0n) is 17.7. The molecule has 0 amide bonds. The number of imidazole rings is 1. The average Bonchev–Trinajstić information content (AvgIpc) is 3.15. The zero-order valence-corrected chi connectivity index (χ0v) is 18.5. The molecule has 10 heteroatoms. The van der Waals surface area contributed by atoms with E-state index in [4.69, 9.17) is 9.47 Å². The summed E-state index contributed by atoms with van der Waals surface area (Å²) in [6.07, 6.45) is 0.810. The van der Waals surface area contributed by atoms with Gasteiger partial charge in [0.15, 0.2) is 0 Å². The SMILES string of the molecule is CCCn1c(COC(=O)c2cccc(F)c2)nc2cc(S(=O)(=O)N3CCOCC3)ccc21. The van der Waals surface area contributed by atoms with Crippen molar-refractivity contribution in [3.05, 3.63) is 59.7 Å². The van der Waals surface area contributed by atoms with Crippen LogP contribution in [0.15, 0.2) is 47.4 Å². The Balaban J connectivity index is 1.61. The number of fused-ring (bicyclic) bond motifs is 1. The van der Waals surface area contributed by atoms with Crippen LogP contribution in [0.1, 0.15) is 29.5 Å². The summed E-state index contributed by atoms with van der Waals surface area (Å²) in [6.45, 7) is 3.87. The Hall–Kier alpha value is -2.82. The van der Waals surface area contributed by atoms with Crippen LogP contribution in [0.2, 0.25) is 0 Å². The predicted octanol–water partition coefficient (Wildman–Crippen LogP) is 2.96. The van der Waals surface area contributed by atoms with Crippen molar-refractivity contribution < 1.29 is 27.1 Å². The van der Waals surface area contributed by atoms with E-state index in [0.29, 0.717) is 44.2 Å². The largest absolute Gasteiger partial charge is 0.454 e. The second-order valence-corrected chi connectivity index (χ2v) is 9.37. The molecular weight excluding hydrogens is 437 g/mol. The first kappa shape index (κ1) is 22.4. The molecule has 1 aliphatic heterocycles. The molecule has 0 spiro atoms. The van der Waals surface area contributed by atoms with Crippen LogP contribution < -0.4 is 0 Å². The third-order valence-electron chi connectivity index (χ3n) is 5.25. The minimum absolute atomic E-state index is 0.113. The van der Waals surface area contributed by atoms with Crippen molar-refractivity contribution in [2.24, 2.45) is 0 Å². The summed E-state index contributed by atoms with van der Waals surface area (Å²) in [6, 6.07) is 10.1. The van der Waals surface area contributed by atoms with Gasteiger partial charge >= 0.3 is 5.97 Å². The van der Waals surface area contributed by atoms with Crippen LogP contribution in [-0.2, 0) is 32.6 Å². The second kappa shape index (κ2) is 9.35. The summed E-state index contributed by atoms with van der Waals surface area (Å²) in [4.78, 5) is 17.0. The standard InChI is InChI=1S/C22H24FN3O5S/c1-2-8-26-20-7-6-18(32(28,29)25-9-11-30-12-10-25)14-19(20)24-21(26)15-31-22(27)16-4-3-5-17(23)13-16/h3-7,13-14H,2,8-12,15H2,1H3. The predicted molar refractivity (Wildman–Crippen MR) is 115 cm³/mol. The second-order valence-electron chi connectivity index (χ2n) is 7.43. The minimum Gasteiger partial charge on any atom is -0.454 e. The molecule has 1 fully saturated rings. The fraction of sp³-hybridized carbons (Fsp3) is 0.364. The van der Waals surface area contributed by atoms with Gasteiger partial charge in [0.05, 0.1) is 34.7 Å². The lowest BCUT2D eigenvalue weighted by Crippen LogP contribution is -2.40. The summed E-state index contributed by atoms with van der Waals surface area (Å²) < 4.78 is 53.3. The molecule has 0 aliphatic carbocycles. The summed E-state index contributed by atoms with van der Waals surface area (Å²) in [5.41, 5.74) is 1.37. The van der Waals surface area contributed by atoms with E-state index < -0.39 is 21.8 Å². The Morgan fingerprint density at radius 2 is 1.97 bits per heavy atom. The first-order valence-corrected chi connectivity index (χ1v) is 11.8. The molecule has 2 heterocycles. The van der Waals surface area contributed by atoms with E-state index in [1.165, 1.54) is 22.5 Å². The molecule has 8 nitrogen and oxygen atoms in total. The van der Waals surface area contributed by atoms with Gasteiger partial charge in [-0.15, -0.1) is 0 Å². The molecule has 32 heavy (non-hydrogen) atoms. The summed E-state index contributed by atoms with van der Waals surface area (Å²) in [5, 5.41) is 0. The van der Waals surface area contributed by atoms with Gasteiger partial charge in [0.1, 0.15) is 18.2 Å². The van der Waals surface area contributed by atoms with Crippen molar-refractivity contribution in [2.75, 3.05) is 26.3 Å². The van der Waals surface area contributed by atoms with Gasteiger partial charge in [-0.25, -0.2) is 22.6 Å². The fourth-order valence-corrected chi connectivity index (χ4v) is 5.10. The molecule has 170 valence electrons. The van der Waals surface area contributed by atoms with Crippen molar-refractivity contribution in [1.82, 2.24) is 13.9 Å². The first-order chi connectivity index (χ1) is 15.4. The van der Waals surface area contributed by atoms with Gasteiger partial charge in [0, 0.05) is 19.6 Å². The number of halogens is 1. The average molecular weight is 462 g/mol. The van der Waals surface area contributed by atoms with E-state index in [9.17, 15) is 17.6 Å². The lowest BCUT2D eigenvalue weighted by atomic mass is 10.2. The lowest BCUT2D eigenvalue weighted by Gasteiger charge is -2.26. The molecule has 0 radical (unpaired) electrons. The maximum Gasteiger partial charge on any atom is 0.338 e. The van der Waals surface area contributed by atoms with Crippen LogP contribution in [0.25, 0.3) is 11.0 Å². The molecule has 0 bridgehead atoms. The molecule has 0 atom stereocenters. The third kappa shape index (κ3) is 4.52. The highest BCUT2D eigenvalue weighted by Gasteiger charge is 2.27. The number of hydrogen-bond acceptors (Lipinski definition) is 6. The molecule has 1 aliphatic rings. The van der Waals surface area contributed by atoms with Crippen LogP contribution in [0.3, 0.4) is 0 Å². The number of carbonyl (C=O) groups is 1. The number of rotatable bonds is 7. The minimum atomic E-state index is -3.65. The van der Waals surface area contributed by atoms with Crippen LogP contribution in [0.5, 0.6) is 0 Å². The lowest BCUT2D eigenvalue weighted by molar-refractivity contribution is 0.0458. The number of aromatic nitrogens is 2. The molecule has 0 unspecified atom stereocenters. The van der Waals surface area contributed by atoms with Crippen molar-refractivity contribution in [3.63, 3.8) is 0 Å². The number of morpholine rings is 1. The molecule has 3 aromatic rings. The van der Waals surface area contributed by atoms with Gasteiger partial charge in [-0.2, -0.15) is 4.31 Å². The van der Waals surface area contributed by atoms with Gasteiger partial charge in [-0.3, -0.25) is 0 Å². The highest BCUT2D eigenvalue weighted by Crippen LogP contribution is 2.24. The van der Waals surface area contributed by atoms with E-state index in [0.717, 1.165) is 18.0 Å². The van der Waals surface area contributed by atoms with Gasteiger partial charge in [0.2, 0.25) is 10.0 Å². The summed E-state index contributed by atoms with van der Waals surface area (Å²) in [7, 11) is -3.65. The number of ether oxygens (including phenoxy) is 2. The van der Waals surface area contributed by atoms with Gasteiger partial charge in [0.25, 0.3) is 0 Å². The maximum atomic E-state index is 13.4. The molecule has 1 aromatic heterocycles. The fourth-order valence-electron chi connectivity index (χ4n) is 3.67. The van der Waals surface area contributed by atoms with Crippen LogP contribution in [-0.4, -0.2) is 54.5 Å². The quantitative estimate of drug-likeness (QED) is 0.503. The number of hydrogen-bond donors (Lipinski definition) is 0. The Morgan fingerprint density at radius 3 is 2.69 bits per heavy atom. The zero-order chi connectivity index (χ0) is 22.7. The number of carbonyl (C=O) groups excluding carboxylic acids is 1. The van der Waals surface area contributed by atoms with E-state index in [-0.39, 0.29) is 17.1 Å². The Labute approximate surface area is 185 Å². The monoisotopic (exact) mass is 461 g/mol. The Morgan fingerprint density at radius 1 is 1.19 bits per heavy atom.